The summed E-state index contributed by atoms with van der Waals surface area (Å²) in [5, 5.41) is 45.3. The second kappa shape index (κ2) is 6.17. The molecule has 0 unspecified atom stereocenters. The van der Waals surface area contributed by atoms with E-state index in [2.05, 4.69) is 0 Å². The minimum atomic E-state index is -1.97. The molecule has 0 aliphatic heterocycles. The minimum Gasteiger partial charge on any atom is -0.513 e. The molecule has 7 nitrogen and oxygen atoms in total. The molecule has 4 rings (SSSR count). The Labute approximate surface area is 176 Å². The molecule has 8 atom stereocenters. The van der Waals surface area contributed by atoms with Crippen LogP contribution < -0.4 is 0 Å². The van der Waals surface area contributed by atoms with Gasteiger partial charge in [-0.05, 0) is 25.0 Å². The predicted octanol–water partition coefficient (Wildman–Crippen LogP) is 1.80. The van der Waals surface area contributed by atoms with Gasteiger partial charge in [-0.1, -0.05) is 33.8 Å². The molecule has 0 aromatic rings. The first kappa shape index (κ1) is 21.5. The van der Waals surface area contributed by atoms with Crippen molar-refractivity contribution < 1.29 is 34.8 Å². The molecule has 166 valence electrons. The van der Waals surface area contributed by atoms with Gasteiger partial charge in [0.2, 0.25) is 0 Å². The zero-order valence-electron chi connectivity index (χ0n) is 18.2. The highest BCUT2D eigenvalue weighted by molar-refractivity contribution is 6.04. The van der Waals surface area contributed by atoms with Gasteiger partial charge in [0.1, 0.15) is 11.2 Å². The number of fused-ring (bicyclic) bond motifs is 5. The van der Waals surface area contributed by atoms with Gasteiger partial charge >= 0.3 is 5.97 Å². The fourth-order valence-electron chi connectivity index (χ4n) is 6.89. The van der Waals surface area contributed by atoms with E-state index in [1.807, 2.05) is 20.8 Å². The molecule has 0 aromatic heterocycles. The second-order valence-corrected chi connectivity index (χ2v) is 10.3. The van der Waals surface area contributed by atoms with E-state index < -0.39 is 63.7 Å². The van der Waals surface area contributed by atoms with Gasteiger partial charge in [-0.25, -0.2) is 0 Å². The number of Topliss-reactive ketones (excluding diaryl/α,β-unsaturated/α-hetero) is 1. The number of hydrogen-bond acceptors (Lipinski definition) is 7. The van der Waals surface area contributed by atoms with Crippen LogP contribution in [0.3, 0.4) is 0 Å². The van der Waals surface area contributed by atoms with Gasteiger partial charge in [-0.3, -0.25) is 9.59 Å². The van der Waals surface area contributed by atoms with Crippen molar-refractivity contribution in [1.82, 2.24) is 0 Å². The summed E-state index contributed by atoms with van der Waals surface area (Å²) < 4.78 is 5.88. The van der Waals surface area contributed by atoms with Gasteiger partial charge in [-0.15, -0.1) is 0 Å². The van der Waals surface area contributed by atoms with Crippen molar-refractivity contribution in [3.8, 4) is 0 Å². The average molecular weight is 421 g/mol. The van der Waals surface area contributed by atoms with Gasteiger partial charge in [-0.2, -0.15) is 0 Å². The van der Waals surface area contributed by atoms with E-state index >= 15 is 0 Å². The Morgan fingerprint density at radius 1 is 1.27 bits per heavy atom. The minimum absolute atomic E-state index is 0.181. The molecule has 2 fully saturated rings. The van der Waals surface area contributed by atoms with Crippen LogP contribution in [-0.4, -0.2) is 55.1 Å². The van der Waals surface area contributed by atoms with Crippen LogP contribution >= 0.6 is 0 Å². The zero-order chi connectivity index (χ0) is 22.4. The number of aliphatic hydroxyl groups is 4. The topological polar surface area (TPSA) is 124 Å². The first-order chi connectivity index (χ1) is 13.8. The lowest BCUT2D eigenvalue weighted by molar-refractivity contribution is -0.219. The van der Waals surface area contributed by atoms with Crippen LogP contribution in [0.25, 0.3) is 0 Å². The van der Waals surface area contributed by atoms with Crippen molar-refractivity contribution in [2.45, 2.75) is 76.8 Å². The van der Waals surface area contributed by atoms with Crippen molar-refractivity contribution in [2.75, 3.05) is 0 Å². The van der Waals surface area contributed by atoms with Crippen LogP contribution in [0, 0.1) is 29.1 Å². The summed E-state index contributed by atoms with van der Waals surface area (Å²) in [6.45, 7) is 8.85. The van der Waals surface area contributed by atoms with Crippen molar-refractivity contribution in [2.24, 2.45) is 29.1 Å². The van der Waals surface area contributed by atoms with Crippen LogP contribution in [-0.2, 0) is 14.3 Å². The van der Waals surface area contributed by atoms with Gasteiger partial charge < -0.3 is 25.2 Å². The molecule has 0 saturated heterocycles. The van der Waals surface area contributed by atoms with E-state index in [1.165, 1.54) is 6.08 Å². The summed E-state index contributed by atoms with van der Waals surface area (Å²) in [5.74, 6) is -4.12. The molecule has 30 heavy (non-hydrogen) atoms. The predicted molar refractivity (Wildman–Crippen MR) is 107 cm³/mol. The SMILES string of the molecule is CCCC(=O)O[C@@]12[C@H](O)[C@@H](C)[C@@]3(O)[C@@H](C=C(O)C[C@]4(O)C(=O)C(C)=C[C@@H]34)[C@@H]1C2(C)C. The van der Waals surface area contributed by atoms with Gasteiger partial charge in [0, 0.05) is 41.9 Å². The van der Waals surface area contributed by atoms with Crippen molar-refractivity contribution >= 4 is 11.8 Å². The molecule has 0 bridgehead atoms. The molecule has 0 spiro atoms. The number of aliphatic hydroxyl groups excluding tert-OH is 2. The highest BCUT2D eigenvalue weighted by Gasteiger charge is 2.86. The van der Waals surface area contributed by atoms with Crippen LogP contribution in [0.5, 0.6) is 0 Å². The van der Waals surface area contributed by atoms with E-state index in [0.717, 1.165) is 0 Å². The van der Waals surface area contributed by atoms with Gasteiger partial charge in [0.15, 0.2) is 5.78 Å². The van der Waals surface area contributed by atoms with Gasteiger partial charge in [0.25, 0.3) is 0 Å². The quantitative estimate of drug-likeness (QED) is 0.513. The maximum Gasteiger partial charge on any atom is 0.306 e. The highest BCUT2D eigenvalue weighted by Crippen LogP contribution is 2.76. The smallest absolute Gasteiger partial charge is 0.306 e. The average Bonchev–Trinajstić information content (AvgIpc) is 3.07. The Balaban J connectivity index is 1.87. The van der Waals surface area contributed by atoms with Crippen LogP contribution in [0.15, 0.2) is 23.5 Å². The summed E-state index contributed by atoms with van der Waals surface area (Å²) in [6, 6.07) is 0. The number of ketones is 1. The van der Waals surface area contributed by atoms with Crippen LogP contribution in [0.4, 0.5) is 0 Å². The van der Waals surface area contributed by atoms with E-state index in [1.54, 1.807) is 19.9 Å². The summed E-state index contributed by atoms with van der Waals surface area (Å²) in [4.78, 5) is 25.2. The second-order valence-electron chi connectivity index (χ2n) is 10.3. The summed E-state index contributed by atoms with van der Waals surface area (Å²) in [6.07, 6.45) is 2.40. The standard InChI is InChI=1S/C23H32O7/c1-6-7-16(25)30-23-17(20(23,4)5)14-9-13(24)10-21(28)15(8-11(2)18(21)26)22(14,29)12(3)19(23)27/h8-9,12,14-15,17,19,24,27-29H,6-7,10H2,1-5H3/t12-,14+,15-,17-,19-,21-,22-,23-/m1/s1. The first-order valence-electron chi connectivity index (χ1n) is 10.8. The maximum absolute atomic E-state index is 12.8. The zero-order valence-corrected chi connectivity index (χ0v) is 18.2. The molecule has 2 saturated carbocycles. The summed E-state index contributed by atoms with van der Waals surface area (Å²) >= 11 is 0. The molecule has 4 aliphatic rings. The molecule has 0 radical (unpaired) electrons. The molecular formula is C23H32O7. The molecule has 4 N–H and O–H groups in total. The number of esters is 1. The monoisotopic (exact) mass is 420 g/mol. The van der Waals surface area contributed by atoms with E-state index in [9.17, 15) is 30.0 Å². The van der Waals surface area contributed by atoms with E-state index in [4.69, 9.17) is 4.74 Å². The van der Waals surface area contributed by atoms with Gasteiger partial charge in [0.05, 0.1) is 17.5 Å². The lowest BCUT2D eigenvalue weighted by Crippen LogP contribution is -2.65. The summed E-state index contributed by atoms with van der Waals surface area (Å²) in [5.41, 5.74) is -5.21. The van der Waals surface area contributed by atoms with E-state index in [-0.39, 0.29) is 18.6 Å². The third kappa shape index (κ3) is 2.26. The molecule has 4 aliphatic carbocycles. The Morgan fingerprint density at radius 3 is 2.50 bits per heavy atom. The fraction of sp³-hybridized carbons (Fsp3) is 0.739. The number of carbonyl (C=O) groups excluding carboxylic acids is 2. The van der Waals surface area contributed by atoms with Crippen LogP contribution in [0.1, 0.15) is 53.9 Å². The summed E-state index contributed by atoms with van der Waals surface area (Å²) in [7, 11) is 0. The molecule has 0 aromatic carbocycles. The lowest BCUT2D eigenvalue weighted by atomic mass is 9.59. The number of ether oxygens (including phenoxy) is 1. The molecule has 0 amide bonds. The normalized spacial score (nSPS) is 48.5. The third-order valence-corrected chi connectivity index (χ3v) is 8.44. The Bertz CT molecular complexity index is 873. The number of carbonyl (C=O) groups is 2. The fourth-order valence-corrected chi connectivity index (χ4v) is 6.89. The Kier molecular flexibility index (Phi) is 4.43. The molecular weight excluding hydrogens is 388 g/mol. The highest BCUT2D eigenvalue weighted by atomic mass is 16.6. The van der Waals surface area contributed by atoms with Crippen molar-refractivity contribution in [3.63, 3.8) is 0 Å². The molecule has 7 heteroatoms. The third-order valence-electron chi connectivity index (χ3n) is 8.44. The lowest BCUT2D eigenvalue weighted by Gasteiger charge is -2.52. The first-order valence-corrected chi connectivity index (χ1v) is 10.8. The largest absolute Gasteiger partial charge is 0.513 e. The van der Waals surface area contributed by atoms with Crippen LogP contribution in [0.2, 0.25) is 0 Å². The molecule has 0 heterocycles. The Morgan fingerprint density at radius 2 is 1.90 bits per heavy atom. The number of rotatable bonds is 3. The van der Waals surface area contributed by atoms with Crippen molar-refractivity contribution in [3.05, 3.63) is 23.5 Å². The maximum atomic E-state index is 12.8. The number of hydrogen-bond donors (Lipinski definition) is 4. The Hall–Kier alpha value is -1.70. The van der Waals surface area contributed by atoms with Crippen molar-refractivity contribution in [1.29, 1.82) is 0 Å². The van der Waals surface area contributed by atoms with E-state index in [0.29, 0.717) is 12.0 Å².